The molecule has 0 saturated carbocycles. The Morgan fingerprint density at radius 2 is 1.53 bits per heavy atom. The molecule has 0 aromatic heterocycles. The Morgan fingerprint density at radius 1 is 0.969 bits per heavy atom. The molecule has 0 spiro atoms. The minimum atomic E-state index is -0.920. The molecular weight excluding hydrogens is 444 g/mol. The van der Waals surface area contributed by atoms with E-state index in [0.717, 1.165) is 38.5 Å². The summed E-state index contributed by atoms with van der Waals surface area (Å²) in [6, 6.07) is 9.05. The van der Waals surface area contributed by atoms with Crippen LogP contribution in [0.2, 0.25) is 0 Å². The van der Waals surface area contributed by atoms with Crippen LogP contribution in [-0.2, 0) is 9.31 Å². The summed E-state index contributed by atoms with van der Waals surface area (Å²) in [4.78, 5) is 12.0. The van der Waals surface area contributed by atoms with Gasteiger partial charge in [0.05, 0.1) is 16.4 Å². The number of benzene rings is 1. The molecule has 0 radical (unpaired) electrons. The monoisotopic (exact) mass is 483 g/mol. The van der Waals surface area contributed by atoms with E-state index < -0.39 is 23.3 Å². The molecule has 1 atom stereocenters. The van der Waals surface area contributed by atoms with Gasteiger partial charge in [-0.05, 0) is 38.8 Å². The smallest absolute Gasteiger partial charge is 0.384 e. The number of alkyl halides is 2. The zero-order valence-corrected chi connectivity index (χ0v) is 21.7. The lowest BCUT2D eigenvalue weighted by Crippen LogP contribution is -2.63. The summed E-state index contributed by atoms with van der Waals surface area (Å²) in [6.45, 7) is 8.35. The molecule has 180 valence electrons. The van der Waals surface area contributed by atoms with Crippen molar-refractivity contribution in [3.05, 3.63) is 35.9 Å². The Labute approximate surface area is 205 Å². The van der Waals surface area contributed by atoms with Gasteiger partial charge in [-0.1, -0.05) is 83.4 Å². The number of unbranched alkanes of at least 4 members (excludes halogenated alkanes) is 6. The maximum absolute atomic E-state index is 12.7. The van der Waals surface area contributed by atoms with Crippen molar-refractivity contribution in [2.45, 2.75) is 108 Å². The highest BCUT2D eigenvalue weighted by Crippen LogP contribution is 2.52. The van der Waals surface area contributed by atoms with Crippen LogP contribution in [0.5, 0.6) is 0 Å². The molecule has 1 aromatic rings. The molecule has 1 N–H and O–H groups in total. The highest BCUT2D eigenvalue weighted by atomic mass is 35.5. The highest BCUT2D eigenvalue weighted by molar-refractivity contribution is 6.47. The van der Waals surface area contributed by atoms with Crippen molar-refractivity contribution >= 4 is 36.4 Å². The Bertz CT molecular complexity index is 692. The van der Waals surface area contributed by atoms with Crippen molar-refractivity contribution in [2.75, 3.05) is 5.88 Å². The Hall–Kier alpha value is -0.745. The first-order valence-corrected chi connectivity index (χ1v) is 13.1. The van der Waals surface area contributed by atoms with E-state index in [-0.39, 0.29) is 11.8 Å². The number of rotatable bonds is 14. The molecule has 7 heteroatoms. The molecular formula is C25H40BCl2NO3. The van der Waals surface area contributed by atoms with Gasteiger partial charge < -0.3 is 14.5 Å². The van der Waals surface area contributed by atoms with E-state index in [2.05, 4.69) is 19.1 Å². The first-order valence-electron chi connectivity index (χ1n) is 12.2. The lowest BCUT2D eigenvalue weighted by Gasteiger charge is -2.50. The van der Waals surface area contributed by atoms with Gasteiger partial charge in [0.15, 0.2) is 0 Å². The van der Waals surface area contributed by atoms with Gasteiger partial charge in [-0.25, -0.2) is 0 Å². The van der Waals surface area contributed by atoms with E-state index in [0.29, 0.717) is 5.56 Å². The summed E-state index contributed by atoms with van der Waals surface area (Å²) >= 11 is 14.1. The van der Waals surface area contributed by atoms with Crippen molar-refractivity contribution in [1.29, 1.82) is 0 Å². The van der Waals surface area contributed by atoms with Crippen LogP contribution in [0, 0.1) is 0 Å². The van der Waals surface area contributed by atoms with Gasteiger partial charge in [-0.15, -0.1) is 23.2 Å². The maximum atomic E-state index is 12.7. The molecule has 0 bridgehead atoms. The average molecular weight is 484 g/mol. The van der Waals surface area contributed by atoms with E-state index in [1.54, 1.807) is 12.1 Å². The second kappa shape index (κ2) is 12.6. The van der Waals surface area contributed by atoms with Crippen molar-refractivity contribution in [1.82, 2.24) is 5.23 Å². The fourth-order valence-corrected chi connectivity index (χ4v) is 6.02. The molecule has 1 unspecified atom stereocenters. The lowest BCUT2D eigenvalue weighted by molar-refractivity contribution is -0.0454. The van der Waals surface area contributed by atoms with Crippen molar-refractivity contribution in [3.8, 4) is 0 Å². The molecule has 1 amide bonds. The molecule has 1 fully saturated rings. The van der Waals surface area contributed by atoms with E-state index in [1.165, 1.54) is 25.7 Å². The number of amides is 1. The summed E-state index contributed by atoms with van der Waals surface area (Å²) in [6.07, 6.45) is 10.6. The summed E-state index contributed by atoms with van der Waals surface area (Å²) in [5, 5.41) is 2.86. The SMILES string of the molecule is CCCCCCC(Cl)(CCCCCC)C1(CCl)OB(NC(=O)c2ccccc2)OC1(C)C. The Kier molecular flexibility index (Phi) is 10.9. The van der Waals surface area contributed by atoms with Gasteiger partial charge in [0.2, 0.25) is 5.91 Å². The van der Waals surface area contributed by atoms with E-state index in [4.69, 9.17) is 32.5 Å². The minimum absolute atomic E-state index is 0.197. The van der Waals surface area contributed by atoms with E-state index in [1.807, 2.05) is 32.0 Å². The van der Waals surface area contributed by atoms with Crippen LogP contribution in [-0.4, -0.2) is 35.1 Å². The Balaban J connectivity index is 2.23. The van der Waals surface area contributed by atoms with Crippen LogP contribution in [0.3, 0.4) is 0 Å². The van der Waals surface area contributed by atoms with Crippen LogP contribution < -0.4 is 5.23 Å². The number of carbonyl (C=O) groups is 1. The van der Waals surface area contributed by atoms with E-state index in [9.17, 15) is 4.79 Å². The number of hydrogen-bond donors (Lipinski definition) is 1. The van der Waals surface area contributed by atoms with Crippen LogP contribution in [0.4, 0.5) is 0 Å². The topological polar surface area (TPSA) is 47.6 Å². The summed E-state index contributed by atoms with van der Waals surface area (Å²) < 4.78 is 12.7. The van der Waals surface area contributed by atoms with Crippen molar-refractivity contribution in [3.63, 3.8) is 0 Å². The number of hydrogen-bond acceptors (Lipinski definition) is 3. The molecule has 1 aliphatic heterocycles. The lowest BCUT2D eigenvalue weighted by atomic mass is 9.71. The maximum Gasteiger partial charge on any atom is 0.594 e. The predicted molar refractivity (Wildman–Crippen MR) is 135 cm³/mol. The van der Waals surface area contributed by atoms with Gasteiger partial charge in [0, 0.05) is 5.56 Å². The third-order valence-electron chi connectivity index (χ3n) is 6.73. The van der Waals surface area contributed by atoms with Gasteiger partial charge in [0.1, 0.15) is 5.60 Å². The summed E-state index contributed by atoms with van der Waals surface area (Å²) in [5.41, 5.74) is -1.13. The van der Waals surface area contributed by atoms with Crippen LogP contribution in [0.25, 0.3) is 0 Å². The van der Waals surface area contributed by atoms with Gasteiger partial charge in [-0.3, -0.25) is 4.79 Å². The van der Waals surface area contributed by atoms with Crippen LogP contribution in [0.1, 0.15) is 102 Å². The number of nitrogens with one attached hydrogen (secondary N) is 1. The quantitative estimate of drug-likeness (QED) is 0.174. The number of halogens is 2. The summed E-state index contributed by atoms with van der Waals surface area (Å²) in [5.74, 6) is -0.0502. The van der Waals surface area contributed by atoms with Crippen LogP contribution in [0.15, 0.2) is 30.3 Å². The van der Waals surface area contributed by atoms with Crippen molar-refractivity contribution in [2.24, 2.45) is 0 Å². The zero-order chi connectivity index (χ0) is 23.7. The molecule has 4 nitrogen and oxygen atoms in total. The largest absolute Gasteiger partial charge is 0.594 e. The van der Waals surface area contributed by atoms with Gasteiger partial charge in [-0.2, -0.15) is 0 Å². The third-order valence-corrected chi connectivity index (χ3v) is 7.79. The minimum Gasteiger partial charge on any atom is -0.384 e. The van der Waals surface area contributed by atoms with Gasteiger partial charge in [0.25, 0.3) is 0 Å². The second-order valence-electron chi connectivity index (χ2n) is 9.46. The third kappa shape index (κ3) is 6.43. The number of carbonyl (C=O) groups excluding carboxylic acids is 1. The molecule has 32 heavy (non-hydrogen) atoms. The highest BCUT2D eigenvalue weighted by Gasteiger charge is 2.66. The van der Waals surface area contributed by atoms with Crippen LogP contribution >= 0.6 is 23.2 Å². The van der Waals surface area contributed by atoms with Crippen molar-refractivity contribution < 1.29 is 14.1 Å². The predicted octanol–water partition coefficient (Wildman–Crippen LogP) is 7.12. The molecule has 2 rings (SSSR count). The summed E-state index contributed by atoms with van der Waals surface area (Å²) in [7, 11) is -0.902. The molecule has 1 aromatic carbocycles. The standard InChI is InChI=1S/C25H40BCl2NO3/c1-5-7-9-14-18-24(28,19-15-10-8-6-2)25(20-27)23(3,4)31-26(32-25)29-22(30)21-16-12-11-13-17-21/h11-13,16-17H,5-10,14-15,18-20H2,1-4H3,(H,29,30). The molecule has 1 saturated heterocycles. The molecule has 1 heterocycles. The zero-order valence-electron chi connectivity index (χ0n) is 20.2. The second-order valence-corrected chi connectivity index (χ2v) is 10.5. The fourth-order valence-electron chi connectivity index (χ4n) is 4.70. The molecule has 0 aliphatic carbocycles. The normalized spacial score (nSPS) is 20.5. The Morgan fingerprint density at radius 3 is 2.03 bits per heavy atom. The molecule has 1 aliphatic rings. The first-order chi connectivity index (χ1) is 15.2. The fraction of sp³-hybridized carbons (Fsp3) is 0.720. The average Bonchev–Trinajstić information content (AvgIpc) is 3.05. The van der Waals surface area contributed by atoms with E-state index >= 15 is 0 Å². The van der Waals surface area contributed by atoms with Gasteiger partial charge >= 0.3 is 7.25 Å². The first kappa shape index (κ1) is 27.5.